The van der Waals surface area contributed by atoms with Crippen LogP contribution in [0, 0.1) is 0 Å². The smallest absolute Gasteiger partial charge is 0.372 e. The fraction of sp³-hybridized carbons (Fsp3) is 0.400. The van der Waals surface area contributed by atoms with E-state index in [1.165, 1.54) is 0 Å². The molecule has 0 amide bonds. The van der Waals surface area contributed by atoms with Gasteiger partial charge in [0.15, 0.2) is 0 Å². The summed E-state index contributed by atoms with van der Waals surface area (Å²) in [7, 11) is 0. The molecule has 2 atom stereocenters. The minimum absolute atomic E-state index is 0. The van der Waals surface area contributed by atoms with Gasteiger partial charge in [-0.3, -0.25) is 0 Å². The fourth-order valence-corrected chi connectivity index (χ4v) is 3.58. The van der Waals surface area contributed by atoms with E-state index < -0.39 is 29.6 Å². The number of ether oxygens (including phenoxy) is 1. The van der Waals surface area contributed by atoms with E-state index in [4.69, 9.17) is 16.3 Å². The standard InChI is InChI=1S/C20H18ClF6NO.ClH/c21-16-4-1-3-13(9-16)18-17(5-2-6-28-18)29-11-12-7-14(19(22,23)24)10-15(8-12)20(25,26)27;/h1,3-4,7-10,17-18,28H,2,5-6,11H2;1H/t17-,18-;/m0./s1. The normalized spacial score (nSPS) is 20.0. The summed E-state index contributed by atoms with van der Waals surface area (Å²) in [6.45, 7) is 0.356. The van der Waals surface area contributed by atoms with Crippen molar-refractivity contribution in [3.05, 3.63) is 69.7 Å². The molecule has 1 aliphatic rings. The van der Waals surface area contributed by atoms with Gasteiger partial charge in [0.05, 0.1) is 29.9 Å². The Balaban J connectivity index is 0.00000320. The van der Waals surface area contributed by atoms with Gasteiger partial charge in [0, 0.05) is 5.02 Å². The van der Waals surface area contributed by atoms with Crippen LogP contribution in [0.25, 0.3) is 0 Å². The Labute approximate surface area is 181 Å². The molecule has 0 aliphatic carbocycles. The zero-order valence-corrected chi connectivity index (χ0v) is 17.1. The van der Waals surface area contributed by atoms with Gasteiger partial charge in [-0.1, -0.05) is 23.7 Å². The molecule has 3 rings (SSSR count). The lowest BCUT2D eigenvalue weighted by molar-refractivity contribution is -0.143. The summed E-state index contributed by atoms with van der Waals surface area (Å²) in [5.41, 5.74) is -2.03. The number of halogens is 8. The number of hydrogen-bond acceptors (Lipinski definition) is 2. The van der Waals surface area contributed by atoms with Gasteiger partial charge in [-0.15, -0.1) is 12.4 Å². The molecule has 1 saturated heterocycles. The molecule has 0 saturated carbocycles. The third-order valence-electron chi connectivity index (χ3n) is 4.72. The zero-order valence-electron chi connectivity index (χ0n) is 15.5. The molecule has 0 unspecified atom stereocenters. The Morgan fingerprint density at radius 1 is 0.967 bits per heavy atom. The van der Waals surface area contributed by atoms with Crippen LogP contribution in [0.4, 0.5) is 26.3 Å². The van der Waals surface area contributed by atoms with E-state index in [-0.39, 0.29) is 36.7 Å². The Morgan fingerprint density at radius 2 is 1.60 bits per heavy atom. The van der Waals surface area contributed by atoms with Gasteiger partial charge in [0.2, 0.25) is 0 Å². The second-order valence-electron chi connectivity index (χ2n) is 6.89. The quantitative estimate of drug-likeness (QED) is 0.492. The molecule has 1 N–H and O–H groups in total. The van der Waals surface area contributed by atoms with Crippen molar-refractivity contribution < 1.29 is 31.1 Å². The van der Waals surface area contributed by atoms with Gasteiger partial charge in [0.25, 0.3) is 0 Å². The lowest BCUT2D eigenvalue weighted by Gasteiger charge is -2.33. The molecule has 0 spiro atoms. The summed E-state index contributed by atoms with van der Waals surface area (Å²) in [4.78, 5) is 0. The third-order valence-corrected chi connectivity index (χ3v) is 4.96. The Kier molecular flexibility index (Phi) is 8.07. The molecular formula is C20H19Cl2F6NO. The van der Waals surface area contributed by atoms with Crippen LogP contribution in [-0.4, -0.2) is 12.6 Å². The van der Waals surface area contributed by atoms with Gasteiger partial charge >= 0.3 is 12.4 Å². The average molecular weight is 474 g/mol. The molecule has 2 aromatic rings. The maximum Gasteiger partial charge on any atom is 0.416 e. The number of piperidine rings is 1. The summed E-state index contributed by atoms with van der Waals surface area (Å²) in [5, 5.41) is 3.81. The second-order valence-corrected chi connectivity index (χ2v) is 7.33. The lowest BCUT2D eigenvalue weighted by atomic mass is 9.94. The summed E-state index contributed by atoms with van der Waals surface area (Å²) in [6.07, 6.45) is -8.78. The van der Waals surface area contributed by atoms with Crippen LogP contribution >= 0.6 is 24.0 Å². The number of rotatable bonds is 4. The van der Waals surface area contributed by atoms with Crippen molar-refractivity contribution in [2.45, 2.75) is 43.9 Å². The van der Waals surface area contributed by atoms with E-state index in [1.807, 2.05) is 6.07 Å². The molecule has 0 radical (unpaired) electrons. The third kappa shape index (κ3) is 6.26. The van der Waals surface area contributed by atoms with E-state index in [9.17, 15) is 26.3 Å². The number of hydrogen-bond donors (Lipinski definition) is 1. The van der Waals surface area contributed by atoms with Crippen molar-refractivity contribution in [3.63, 3.8) is 0 Å². The average Bonchev–Trinajstić information content (AvgIpc) is 2.65. The maximum atomic E-state index is 13.0. The van der Waals surface area contributed by atoms with Gasteiger partial charge in [-0.05, 0) is 60.8 Å². The highest BCUT2D eigenvalue weighted by molar-refractivity contribution is 6.30. The summed E-state index contributed by atoms with van der Waals surface area (Å²) < 4.78 is 83.9. The zero-order chi connectivity index (χ0) is 21.2. The van der Waals surface area contributed by atoms with Crippen LogP contribution in [0.3, 0.4) is 0 Å². The van der Waals surface area contributed by atoms with E-state index in [0.717, 1.165) is 18.5 Å². The minimum atomic E-state index is -4.88. The lowest BCUT2D eigenvalue weighted by Crippen LogP contribution is -2.39. The summed E-state index contributed by atoms with van der Waals surface area (Å²) in [6, 6.07) is 8.33. The predicted molar refractivity (Wildman–Crippen MR) is 104 cm³/mol. The first kappa shape index (κ1) is 24.8. The monoisotopic (exact) mass is 473 g/mol. The first-order valence-corrected chi connectivity index (χ1v) is 9.30. The first-order valence-electron chi connectivity index (χ1n) is 8.93. The fourth-order valence-electron chi connectivity index (χ4n) is 3.38. The van der Waals surface area contributed by atoms with Crippen molar-refractivity contribution in [1.82, 2.24) is 5.32 Å². The summed E-state index contributed by atoms with van der Waals surface area (Å²) >= 11 is 6.02. The molecule has 10 heteroatoms. The van der Waals surface area contributed by atoms with E-state index in [2.05, 4.69) is 5.32 Å². The van der Waals surface area contributed by atoms with Gasteiger partial charge in [-0.2, -0.15) is 26.3 Å². The van der Waals surface area contributed by atoms with E-state index in [1.54, 1.807) is 18.2 Å². The molecule has 166 valence electrons. The number of alkyl halides is 6. The van der Waals surface area contributed by atoms with Crippen molar-refractivity contribution in [2.75, 3.05) is 6.54 Å². The molecule has 2 nitrogen and oxygen atoms in total. The molecule has 0 aromatic heterocycles. The SMILES string of the molecule is Cl.FC(F)(F)c1cc(CO[C@H]2CCCN[C@H]2c2cccc(Cl)c2)cc(C(F)(F)F)c1. The molecule has 0 bridgehead atoms. The second kappa shape index (κ2) is 9.77. The van der Waals surface area contributed by atoms with Crippen LogP contribution in [0.15, 0.2) is 42.5 Å². The first-order chi connectivity index (χ1) is 13.5. The van der Waals surface area contributed by atoms with Gasteiger partial charge in [0.1, 0.15) is 0 Å². The molecular weight excluding hydrogens is 455 g/mol. The Morgan fingerprint density at radius 3 is 2.17 bits per heavy atom. The van der Waals surface area contributed by atoms with Crippen LogP contribution in [0.5, 0.6) is 0 Å². The topological polar surface area (TPSA) is 21.3 Å². The van der Waals surface area contributed by atoms with E-state index in [0.29, 0.717) is 23.6 Å². The Bertz CT molecular complexity index is 824. The molecule has 2 aromatic carbocycles. The highest BCUT2D eigenvalue weighted by Gasteiger charge is 2.37. The molecule has 1 heterocycles. The van der Waals surface area contributed by atoms with Crippen molar-refractivity contribution in [3.8, 4) is 0 Å². The summed E-state index contributed by atoms with van der Waals surface area (Å²) in [5.74, 6) is 0. The van der Waals surface area contributed by atoms with Gasteiger partial charge in [-0.25, -0.2) is 0 Å². The largest absolute Gasteiger partial charge is 0.416 e. The van der Waals surface area contributed by atoms with Crippen LogP contribution in [-0.2, 0) is 23.7 Å². The molecule has 1 fully saturated rings. The minimum Gasteiger partial charge on any atom is -0.372 e. The highest BCUT2D eigenvalue weighted by atomic mass is 35.5. The Hall–Kier alpha value is -1.48. The highest BCUT2D eigenvalue weighted by Crippen LogP contribution is 2.37. The van der Waals surface area contributed by atoms with Crippen molar-refractivity contribution in [1.29, 1.82) is 0 Å². The van der Waals surface area contributed by atoms with Crippen molar-refractivity contribution >= 4 is 24.0 Å². The van der Waals surface area contributed by atoms with Crippen LogP contribution in [0.2, 0.25) is 5.02 Å². The predicted octanol–water partition coefficient (Wildman–Crippen LogP) is 6.81. The van der Waals surface area contributed by atoms with Crippen molar-refractivity contribution in [2.24, 2.45) is 0 Å². The maximum absolute atomic E-state index is 13.0. The van der Waals surface area contributed by atoms with Crippen LogP contribution < -0.4 is 5.32 Å². The molecule has 1 aliphatic heterocycles. The van der Waals surface area contributed by atoms with E-state index >= 15 is 0 Å². The molecule has 30 heavy (non-hydrogen) atoms. The van der Waals surface area contributed by atoms with Crippen LogP contribution in [0.1, 0.15) is 41.1 Å². The van der Waals surface area contributed by atoms with Gasteiger partial charge < -0.3 is 10.1 Å². The number of nitrogens with one attached hydrogen (secondary N) is 1. The number of benzene rings is 2.